The molecule has 1 rings (SSSR count). The Bertz CT molecular complexity index is 631. The predicted molar refractivity (Wildman–Crippen MR) is 91.4 cm³/mol. The van der Waals surface area contributed by atoms with Crippen LogP contribution in [0.25, 0.3) is 0 Å². The van der Waals surface area contributed by atoms with Gasteiger partial charge in [-0.05, 0) is 32.9 Å². The summed E-state index contributed by atoms with van der Waals surface area (Å²) in [5, 5.41) is 5.17. The maximum Gasteiger partial charge on any atom is 0.414 e. The van der Waals surface area contributed by atoms with E-state index in [1.807, 2.05) is 0 Å². The molecule has 4 N–H and O–H groups in total. The van der Waals surface area contributed by atoms with Gasteiger partial charge in [0.1, 0.15) is 5.60 Å². The standard InChI is InChI=1S/C14H18Cl2N4O3/c1-7(21)18-11-9(15)5-8(6-10(11)16)19-12(17)20-13(22)23-14(2,3)4/h5-6H,1-4H3,(H,18,21)(H3,17,19,20,22). The van der Waals surface area contributed by atoms with Gasteiger partial charge in [0, 0.05) is 6.92 Å². The molecule has 23 heavy (non-hydrogen) atoms. The Kier molecular flexibility index (Phi) is 6.23. The molecule has 0 fully saturated rings. The van der Waals surface area contributed by atoms with Gasteiger partial charge >= 0.3 is 6.09 Å². The largest absolute Gasteiger partial charge is 0.444 e. The van der Waals surface area contributed by atoms with Crippen molar-refractivity contribution >= 4 is 52.5 Å². The number of alkyl carbamates (subject to hydrolysis) is 1. The van der Waals surface area contributed by atoms with E-state index >= 15 is 0 Å². The van der Waals surface area contributed by atoms with Gasteiger partial charge in [-0.15, -0.1) is 0 Å². The zero-order valence-corrected chi connectivity index (χ0v) is 14.7. The average molecular weight is 361 g/mol. The number of nitrogens with zero attached hydrogens (tertiary/aromatic N) is 1. The van der Waals surface area contributed by atoms with E-state index < -0.39 is 11.7 Å². The van der Waals surface area contributed by atoms with Crippen LogP contribution in [0.5, 0.6) is 0 Å². The molecule has 2 amide bonds. The molecular formula is C14H18Cl2N4O3. The van der Waals surface area contributed by atoms with Crippen molar-refractivity contribution in [3.8, 4) is 0 Å². The fourth-order valence-electron chi connectivity index (χ4n) is 1.49. The summed E-state index contributed by atoms with van der Waals surface area (Å²) in [4.78, 5) is 26.6. The SMILES string of the molecule is CC(=O)Nc1c(Cl)cc(N=C(N)NC(=O)OC(C)(C)C)cc1Cl. The first kappa shape index (κ1) is 19.1. The number of hydrogen-bond acceptors (Lipinski definition) is 4. The lowest BCUT2D eigenvalue weighted by atomic mass is 10.2. The van der Waals surface area contributed by atoms with Crippen molar-refractivity contribution < 1.29 is 14.3 Å². The average Bonchev–Trinajstić information content (AvgIpc) is 2.30. The van der Waals surface area contributed by atoms with E-state index in [0.717, 1.165) is 0 Å². The van der Waals surface area contributed by atoms with Crippen LogP contribution < -0.4 is 16.4 Å². The minimum atomic E-state index is -0.731. The molecule has 7 nitrogen and oxygen atoms in total. The van der Waals surface area contributed by atoms with E-state index in [4.69, 9.17) is 33.7 Å². The molecule has 9 heteroatoms. The number of aliphatic imine (C=N–C) groups is 1. The molecular weight excluding hydrogens is 343 g/mol. The minimum Gasteiger partial charge on any atom is -0.444 e. The fraction of sp³-hybridized carbons (Fsp3) is 0.357. The topological polar surface area (TPSA) is 106 Å². The van der Waals surface area contributed by atoms with Crippen LogP contribution in [0.15, 0.2) is 17.1 Å². The Hall–Kier alpha value is -1.99. The quantitative estimate of drug-likeness (QED) is 0.554. The molecule has 0 aliphatic heterocycles. The summed E-state index contributed by atoms with van der Waals surface area (Å²) < 4.78 is 5.05. The van der Waals surface area contributed by atoms with Gasteiger partial charge in [0.25, 0.3) is 0 Å². The summed E-state index contributed by atoms with van der Waals surface area (Å²) in [6.45, 7) is 6.50. The molecule has 1 aromatic rings. The van der Waals surface area contributed by atoms with Crippen LogP contribution in [0.4, 0.5) is 16.2 Å². The van der Waals surface area contributed by atoms with Gasteiger partial charge in [-0.2, -0.15) is 0 Å². The Morgan fingerprint density at radius 1 is 1.22 bits per heavy atom. The molecule has 0 spiro atoms. The molecule has 0 bridgehead atoms. The van der Waals surface area contributed by atoms with Crippen LogP contribution in [0.3, 0.4) is 0 Å². The Morgan fingerprint density at radius 2 is 1.74 bits per heavy atom. The van der Waals surface area contributed by atoms with Crippen molar-refractivity contribution in [3.63, 3.8) is 0 Å². The van der Waals surface area contributed by atoms with Crippen molar-refractivity contribution in [1.29, 1.82) is 0 Å². The number of halogens is 2. The van der Waals surface area contributed by atoms with Gasteiger partial charge in [0.05, 0.1) is 21.4 Å². The zero-order valence-electron chi connectivity index (χ0n) is 13.2. The van der Waals surface area contributed by atoms with Crippen LogP contribution in [-0.2, 0) is 9.53 Å². The third kappa shape index (κ3) is 6.75. The first-order chi connectivity index (χ1) is 10.5. The van der Waals surface area contributed by atoms with Crippen LogP contribution >= 0.6 is 23.2 Å². The second-order valence-electron chi connectivity index (χ2n) is 5.59. The van der Waals surface area contributed by atoms with Crippen molar-refractivity contribution in [1.82, 2.24) is 5.32 Å². The number of carbonyl (C=O) groups excluding carboxylic acids is 2. The highest BCUT2D eigenvalue weighted by molar-refractivity contribution is 6.40. The Labute approximate surface area is 144 Å². The number of hydrogen-bond donors (Lipinski definition) is 3. The first-order valence-electron chi connectivity index (χ1n) is 6.59. The molecule has 1 aromatic carbocycles. The molecule has 0 heterocycles. The first-order valence-corrected chi connectivity index (χ1v) is 7.34. The van der Waals surface area contributed by atoms with Crippen molar-refractivity contribution in [3.05, 3.63) is 22.2 Å². The summed E-state index contributed by atoms with van der Waals surface area (Å²) in [5.41, 5.74) is 5.56. The number of ether oxygens (including phenoxy) is 1. The summed E-state index contributed by atoms with van der Waals surface area (Å²) in [6.07, 6.45) is -0.731. The highest BCUT2D eigenvalue weighted by atomic mass is 35.5. The van der Waals surface area contributed by atoms with Gasteiger partial charge < -0.3 is 15.8 Å². The van der Waals surface area contributed by atoms with Crippen LogP contribution in [0, 0.1) is 0 Å². The van der Waals surface area contributed by atoms with E-state index in [0.29, 0.717) is 5.69 Å². The minimum absolute atomic E-state index is 0.182. The molecule has 0 atom stereocenters. The normalized spacial score (nSPS) is 11.8. The fourth-order valence-corrected chi connectivity index (χ4v) is 2.06. The third-order valence-electron chi connectivity index (χ3n) is 2.21. The van der Waals surface area contributed by atoms with Crippen molar-refractivity contribution in [2.45, 2.75) is 33.3 Å². The maximum atomic E-state index is 11.6. The predicted octanol–water partition coefficient (Wildman–Crippen LogP) is 3.42. The molecule has 0 radical (unpaired) electrons. The number of benzene rings is 1. The maximum absolute atomic E-state index is 11.6. The number of nitrogens with one attached hydrogen (secondary N) is 2. The second kappa shape index (κ2) is 7.52. The van der Waals surface area contributed by atoms with Gasteiger partial charge in [-0.3, -0.25) is 10.1 Å². The smallest absolute Gasteiger partial charge is 0.414 e. The monoisotopic (exact) mass is 360 g/mol. The van der Waals surface area contributed by atoms with E-state index in [-0.39, 0.29) is 27.6 Å². The Morgan fingerprint density at radius 3 is 2.17 bits per heavy atom. The molecule has 0 unspecified atom stereocenters. The van der Waals surface area contributed by atoms with E-state index in [9.17, 15) is 9.59 Å². The highest BCUT2D eigenvalue weighted by Crippen LogP contribution is 2.34. The Balaban J connectivity index is 2.91. The van der Waals surface area contributed by atoms with E-state index in [1.165, 1.54) is 19.1 Å². The molecule has 0 aliphatic rings. The summed E-state index contributed by atoms with van der Waals surface area (Å²) in [7, 11) is 0. The van der Waals surface area contributed by atoms with E-state index in [1.54, 1.807) is 20.8 Å². The summed E-state index contributed by atoms with van der Waals surface area (Å²) in [5.74, 6) is -0.491. The van der Waals surface area contributed by atoms with Crippen molar-refractivity contribution in [2.24, 2.45) is 10.7 Å². The lowest BCUT2D eigenvalue weighted by Gasteiger charge is -2.19. The van der Waals surface area contributed by atoms with Gasteiger partial charge in [0.2, 0.25) is 11.9 Å². The lowest BCUT2D eigenvalue weighted by Crippen LogP contribution is -2.40. The van der Waals surface area contributed by atoms with Crippen LogP contribution in [0.1, 0.15) is 27.7 Å². The molecule has 0 aliphatic carbocycles. The number of anilines is 1. The number of rotatable bonds is 2. The molecule has 0 saturated heterocycles. The van der Waals surface area contributed by atoms with Gasteiger partial charge in [-0.25, -0.2) is 9.79 Å². The molecule has 126 valence electrons. The number of carbonyl (C=O) groups is 2. The summed E-state index contributed by atoms with van der Waals surface area (Å²) in [6, 6.07) is 2.89. The lowest BCUT2D eigenvalue weighted by molar-refractivity contribution is -0.114. The van der Waals surface area contributed by atoms with E-state index in [2.05, 4.69) is 15.6 Å². The molecule has 0 aromatic heterocycles. The van der Waals surface area contributed by atoms with Crippen molar-refractivity contribution in [2.75, 3.05) is 5.32 Å². The van der Waals surface area contributed by atoms with Gasteiger partial charge in [0.15, 0.2) is 0 Å². The third-order valence-corrected chi connectivity index (χ3v) is 2.80. The highest BCUT2D eigenvalue weighted by Gasteiger charge is 2.17. The number of nitrogens with two attached hydrogens (primary N) is 1. The van der Waals surface area contributed by atoms with Crippen LogP contribution in [0.2, 0.25) is 10.0 Å². The molecule has 0 saturated carbocycles. The van der Waals surface area contributed by atoms with Crippen LogP contribution in [-0.4, -0.2) is 23.6 Å². The number of amides is 2. The second-order valence-corrected chi connectivity index (χ2v) is 6.40. The zero-order chi connectivity index (χ0) is 17.8. The number of guanidine groups is 1. The summed E-state index contributed by atoms with van der Waals surface area (Å²) >= 11 is 12.1. The van der Waals surface area contributed by atoms with Gasteiger partial charge in [-0.1, -0.05) is 23.2 Å².